The van der Waals surface area contributed by atoms with E-state index in [1.807, 2.05) is 69.3 Å². The quantitative estimate of drug-likeness (QED) is 0.288. The maximum Gasteiger partial charge on any atom is 0.408 e. The van der Waals surface area contributed by atoms with E-state index in [9.17, 15) is 14.7 Å². The Hall–Kier alpha value is -2.18. The summed E-state index contributed by atoms with van der Waals surface area (Å²) in [5, 5.41) is 11.8. The second-order valence-electron chi connectivity index (χ2n) is 8.10. The van der Waals surface area contributed by atoms with E-state index < -0.39 is 34.9 Å². The number of nitrogens with one attached hydrogen (secondary N) is 1. The Morgan fingerprint density at radius 2 is 1.84 bits per heavy atom. The van der Waals surface area contributed by atoms with Crippen molar-refractivity contribution in [2.24, 2.45) is 5.92 Å². The van der Waals surface area contributed by atoms with E-state index in [4.69, 9.17) is 16.3 Å². The molecule has 0 saturated heterocycles. The Morgan fingerprint density at radius 3 is 2.42 bits per heavy atom. The number of ether oxygens (including phenoxy) is 1. The number of amides is 1. The van der Waals surface area contributed by atoms with Gasteiger partial charge < -0.3 is 15.2 Å². The predicted molar refractivity (Wildman–Crippen MR) is 127 cm³/mol. The van der Waals surface area contributed by atoms with Crippen LogP contribution in [0.15, 0.2) is 54.6 Å². The normalized spacial score (nSPS) is 14.4. The van der Waals surface area contributed by atoms with Crippen LogP contribution in [0.4, 0.5) is 4.79 Å². The average Bonchev–Trinajstić information content (AvgIpc) is 2.72. The zero-order valence-electron chi connectivity index (χ0n) is 18.0. The fourth-order valence-electron chi connectivity index (χ4n) is 3.50. The third-order valence-corrected chi connectivity index (χ3v) is 6.11. The van der Waals surface area contributed by atoms with Crippen LogP contribution in [0.3, 0.4) is 0 Å². The molecule has 2 rings (SSSR count). The summed E-state index contributed by atoms with van der Waals surface area (Å²) in [5.74, 6) is -1.79. The first kappa shape index (κ1) is 25.1. The van der Waals surface area contributed by atoms with E-state index in [1.165, 1.54) is 0 Å². The van der Waals surface area contributed by atoms with E-state index >= 15 is 0 Å². The Labute approximate surface area is 194 Å². The molecule has 0 spiro atoms. The molecular formula is C24H30ClNO4S. The molecule has 0 aliphatic heterocycles. The summed E-state index contributed by atoms with van der Waals surface area (Å²) in [6.07, 6.45) is 0.673. The SMILES string of the molecule is CCCC[C@@H](C(=O)O)[C@@H](S)NC(=O)OC(c1ccccc1)C(C)(C)c1cccc(Cl)c1. The highest BCUT2D eigenvalue weighted by molar-refractivity contribution is 7.81. The van der Waals surface area contributed by atoms with Crippen molar-refractivity contribution in [3.05, 3.63) is 70.7 Å². The standard InChI is InChI=1S/C24H30ClNO4S/c1-4-5-14-19(22(27)28)21(31)26-23(29)30-20(16-10-7-6-8-11-16)24(2,3)17-12-9-13-18(25)15-17/h6-13,15,19-21,31H,4-5,14H2,1-3H3,(H,26,29)(H,27,28)/t19-,20?,21-/m1/s1. The van der Waals surface area contributed by atoms with Gasteiger partial charge in [0.1, 0.15) is 6.10 Å². The Morgan fingerprint density at radius 1 is 1.16 bits per heavy atom. The summed E-state index contributed by atoms with van der Waals surface area (Å²) in [6, 6.07) is 16.9. The topological polar surface area (TPSA) is 75.6 Å². The third kappa shape index (κ3) is 6.91. The lowest BCUT2D eigenvalue weighted by molar-refractivity contribution is -0.142. The largest absolute Gasteiger partial charge is 0.481 e. The maximum absolute atomic E-state index is 12.8. The molecule has 0 fully saturated rings. The molecule has 2 aromatic rings. The van der Waals surface area contributed by atoms with Gasteiger partial charge in [-0.1, -0.05) is 87.7 Å². The summed E-state index contributed by atoms with van der Waals surface area (Å²) >= 11 is 10.5. The smallest absolute Gasteiger partial charge is 0.408 e. The molecular weight excluding hydrogens is 434 g/mol. The maximum atomic E-state index is 12.8. The molecule has 2 aromatic carbocycles. The summed E-state index contributed by atoms with van der Waals surface area (Å²) in [6.45, 7) is 5.93. The van der Waals surface area contributed by atoms with Crippen LogP contribution >= 0.6 is 24.2 Å². The summed E-state index contributed by atoms with van der Waals surface area (Å²) < 4.78 is 5.87. The van der Waals surface area contributed by atoms with Crippen molar-refractivity contribution in [3.8, 4) is 0 Å². The van der Waals surface area contributed by atoms with E-state index in [0.717, 1.165) is 24.0 Å². The van der Waals surface area contributed by atoms with Crippen molar-refractivity contribution in [1.29, 1.82) is 0 Å². The van der Waals surface area contributed by atoms with Gasteiger partial charge in [-0.3, -0.25) is 4.79 Å². The molecule has 7 heteroatoms. The summed E-state index contributed by atoms with van der Waals surface area (Å²) in [4.78, 5) is 24.4. The molecule has 31 heavy (non-hydrogen) atoms. The number of carboxylic acids is 1. The Kier molecular flexibility index (Phi) is 9.26. The number of carboxylic acid groups (broad SMARTS) is 1. The first-order valence-corrected chi connectivity index (χ1v) is 11.2. The molecule has 0 saturated carbocycles. The number of carbonyl (C=O) groups excluding carboxylic acids is 1. The van der Waals surface area contributed by atoms with Gasteiger partial charge in [0.05, 0.1) is 11.3 Å². The molecule has 2 N–H and O–H groups in total. The number of benzene rings is 2. The highest BCUT2D eigenvalue weighted by atomic mass is 35.5. The number of aliphatic carboxylic acids is 1. The zero-order chi connectivity index (χ0) is 23.0. The summed E-state index contributed by atoms with van der Waals surface area (Å²) in [5.41, 5.74) is 1.12. The molecule has 0 bridgehead atoms. The number of hydrogen-bond donors (Lipinski definition) is 3. The minimum atomic E-state index is -0.993. The van der Waals surface area contributed by atoms with Gasteiger partial charge in [0, 0.05) is 10.4 Å². The van der Waals surface area contributed by atoms with Gasteiger partial charge in [-0.2, -0.15) is 12.6 Å². The van der Waals surface area contributed by atoms with Crippen molar-refractivity contribution >= 4 is 36.3 Å². The number of rotatable bonds is 10. The van der Waals surface area contributed by atoms with Crippen molar-refractivity contribution in [2.75, 3.05) is 0 Å². The first-order chi connectivity index (χ1) is 14.7. The molecule has 0 aliphatic carbocycles. The lowest BCUT2D eigenvalue weighted by Gasteiger charge is -2.35. The minimum Gasteiger partial charge on any atom is -0.481 e. The van der Waals surface area contributed by atoms with Crippen molar-refractivity contribution in [2.45, 2.75) is 56.9 Å². The van der Waals surface area contributed by atoms with Crippen LogP contribution in [-0.2, 0) is 14.9 Å². The Balaban J connectivity index is 2.26. The first-order valence-electron chi connectivity index (χ1n) is 10.4. The highest BCUT2D eigenvalue weighted by Gasteiger charge is 2.37. The van der Waals surface area contributed by atoms with Crippen LogP contribution in [0, 0.1) is 5.92 Å². The molecule has 0 aromatic heterocycles. The van der Waals surface area contributed by atoms with Crippen LogP contribution in [0.2, 0.25) is 5.02 Å². The monoisotopic (exact) mass is 463 g/mol. The highest BCUT2D eigenvalue weighted by Crippen LogP contribution is 2.40. The van der Waals surface area contributed by atoms with Crippen molar-refractivity contribution in [1.82, 2.24) is 5.32 Å². The number of carbonyl (C=O) groups is 2. The van der Waals surface area contributed by atoms with Gasteiger partial charge >= 0.3 is 12.1 Å². The van der Waals surface area contributed by atoms with Gasteiger partial charge in [-0.05, 0) is 29.7 Å². The van der Waals surface area contributed by atoms with Crippen LogP contribution in [-0.4, -0.2) is 22.5 Å². The predicted octanol–water partition coefficient (Wildman–Crippen LogP) is 6.23. The fourth-order valence-corrected chi connectivity index (χ4v) is 4.08. The average molecular weight is 464 g/mol. The number of thiol groups is 1. The molecule has 0 heterocycles. The minimum absolute atomic E-state index is 0.427. The second-order valence-corrected chi connectivity index (χ2v) is 9.10. The molecule has 1 unspecified atom stereocenters. The molecule has 3 atom stereocenters. The molecule has 5 nitrogen and oxygen atoms in total. The second kappa shape index (κ2) is 11.4. The Bertz CT molecular complexity index is 875. The van der Waals surface area contributed by atoms with Gasteiger partial charge in [0.15, 0.2) is 0 Å². The van der Waals surface area contributed by atoms with Gasteiger partial charge in [0.25, 0.3) is 0 Å². The molecule has 0 aliphatic rings. The molecule has 168 valence electrons. The van der Waals surface area contributed by atoms with Crippen molar-refractivity contribution in [3.63, 3.8) is 0 Å². The van der Waals surface area contributed by atoms with Crippen LogP contribution in [0.25, 0.3) is 0 Å². The number of unbranched alkanes of at least 4 members (excludes halogenated alkanes) is 1. The number of alkyl carbamates (subject to hydrolysis) is 1. The number of hydrogen-bond acceptors (Lipinski definition) is 4. The van der Waals surface area contributed by atoms with Gasteiger partial charge in [-0.25, -0.2) is 4.79 Å². The van der Waals surface area contributed by atoms with E-state index in [0.29, 0.717) is 11.4 Å². The van der Waals surface area contributed by atoms with Crippen LogP contribution in [0.5, 0.6) is 0 Å². The summed E-state index contributed by atoms with van der Waals surface area (Å²) in [7, 11) is 0. The molecule has 1 amide bonds. The van der Waals surface area contributed by atoms with Crippen LogP contribution < -0.4 is 5.32 Å². The molecule has 0 radical (unpaired) electrons. The van der Waals surface area contributed by atoms with Gasteiger partial charge in [0.2, 0.25) is 0 Å². The van der Waals surface area contributed by atoms with Crippen molar-refractivity contribution < 1.29 is 19.4 Å². The van der Waals surface area contributed by atoms with Crippen LogP contribution in [0.1, 0.15) is 57.3 Å². The lowest BCUT2D eigenvalue weighted by Crippen LogP contribution is -2.42. The number of halogens is 1. The van der Waals surface area contributed by atoms with E-state index in [-0.39, 0.29) is 0 Å². The fraction of sp³-hybridized carbons (Fsp3) is 0.417. The lowest BCUT2D eigenvalue weighted by atomic mass is 9.76. The van der Waals surface area contributed by atoms with E-state index in [1.54, 1.807) is 6.07 Å². The zero-order valence-corrected chi connectivity index (χ0v) is 19.7. The van der Waals surface area contributed by atoms with E-state index in [2.05, 4.69) is 17.9 Å². The van der Waals surface area contributed by atoms with Gasteiger partial charge in [-0.15, -0.1) is 0 Å². The third-order valence-electron chi connectivity index (χ3n) is 5.38.